The number of aryl methyl sites for hydroxylation is 1. The van der Waals surface area contributed by atoms with Crippen LogP contribution in [0.1, 0.15) is 28.8 Å². The van der Waals surface area contributed by atoms with E-state index >= 15 is 0 Å². The van der Waals surface area contributed by atoms with Crippen molar-refractivity contribution in [1.29, 1.82) is 0 Å². The van der Waals surface area contributed by atoms with Gasteiger partial charge in [-0.15, -0.1) is 11.3 Å². The minimum Gasteiger partial charge on any atom is -0.357 e. The number of aromatic nitrogens is 1. The topological polar surface area (TPSA) is 49.3 Å². The molecule has 0 aliphatic rings. The second-order valence-electron chi connectivity index (χ2n) is 5.53. The van der Waals surface area contributed by atoms with Gasteiger partial charge in [-0.2, -0.15) is 13.2 Å². The van der Waals surface area contributed by atoms with Crippen LogP contribution >= 0.6 is 11.3 Å². The van der Waals surface area contributed by atoms with Crippen LogP contribution in [0, 0.1) is 12.7 Å². The van der Waals surface area contributed by atoms with Crippen molar-refractivity contribution >= 4 is 17.3 Å². The Labute approximate surface area is 153 Å². The van der Waals surface area contributed by atoms with Crippen LogP contribution in [0.15, 0.2) is 28.6 Å². The molecule has 26 heavy (non-hydrogen) atoms. The highest BCUT2D eigenvalue weighted by Crippen LogP contribution is 2.32. The summed E-state index contributed by atoms with van der Waals surface area (Å²) in [6, 6.07) is 2.62. The molecular formula is C17H20F4N4S. The van der Waals surface area contributed by atoms with Gasteiger partial charge in [0.15, 0.2) is 5.96 Å². The normalized spacial score (nSPS) is 12.3. The first kappa shape index (κ1) is 20.2. The van der Waals surface area contributed by atoms with Gasteiger partial charge in [0.2, 0.25) is 0 Å². The van der Waals surface area contributed by atoms with Crippen molar-refractivity contribution in [2.45, 2.75) is 33.0 Å². The molecule has 0 aliphatic carbocycles. The summed E-state index contributed by atoms with van der Waals surface area (Å²) in [5.41, 5.74) is -0.130. The lowest BCUT2D eigenvalue weighted by Gasteiger charge is -2.13. The molecule has 0 bridgehead atoms. The molecule has 1 aromatic heterocycles. The molecule has 142 valence electrons. The maximum Gasteiger partial charge on any atom is 0.416 e. The number of aliphatic imine (C=N–C) groups is 1. The van der Waals surface area contributed by atoms with Gasteiger partial charge in [0, 0.05) is 24.9 Å². The van der Waals surface area contributed by atoms with Gasteiger partial charge in [-0.25, -0.2) is 14.4 Å². The molecule has 1 aromatic carbocycles. The Kier molecular flexibility index (Phi) is 6.96. The molecule has 0 unspecified atom stereocenters. The molecule has 0 atom stereocenters. The third-order valence-corrected chi connectivity index (χ3v) is 4.29. The average Bonchev–Trinajstić information content (AvgIpc) is 2.98. The van der Waals surface area contributed by atoms with E-state index in [9.17, 15) is 17.6 Å². The monoisotopic (exact) mass is 388 g/mol. The lowest BCUT2D eigenvalue weighted by Crippen LogP contribution is -2.38. The highest BCUT2D eigenvalue weighted by Gasteiger charge is 2.33. The highest BCUT2D eigenvalue weighted by molar-refractivity contribution is 7.09. The fraction of sp³-hybridized carbons (Fsp3) is 0.412. The predicted octanol–water partition coefficient (Wildman–Crippen LogP) is 3.91. The van der Waals surface area contributed by atoms with E-state index in [1.54, 1.807) is 11.3 Å². The lowest BCUT2D eigenvalue weighted by molar-refractivity contribution is -0.138. The molecule has 0 spiro atoms. The fourth-order valence-corrected chi connectivity index (χ4v) is 2.94. The summed E-state index contributed by atoms with van der Waals surface area (Å²) in [5, 5.41) is 9.00. The molecule has 2 rings (SSSR count). The van der Waals surface area contributed by atoms with Crippen molar-refractivity contribution in [2.24, 2.45) is 4.99 Å². The summed E-state index contributed by atoms with van der Waals surface area (Å²) in [4.78, 5) is 8.53. The molecule has 4 nitrogen and oxygen atoms in total. The van der Waals surface area contributed by atoms with E-state index in [0.29, 0.717) is 31.5 Å². The Morgan fingerprint density at radius 3 is 2.65 bits per heavy atom. The van der Waals surface area contributed by atoms with Crippen LogP contribution in [0.3, 0.4) is 0 Å². The van der Waals surface area contributed by atoms with Crippen LogP contribution in [0.2, 0.25) is 0 Å². The number of nitrogens with zero attached hydrogens (tertiary/aromatic N) is 2. The molecule has 0 amide bonds. The highest BCUT2D eigenvalue weighted by atomic mass is 32.1. The smallest absolute Gasteiger partial charge is 0.357 e. The van der Waals surface area contributed by atoms with E-state index in [1.807, 2.05) is 19.2 Å². The molecule has 0 aliphatic heterocycles. The molecule has 2 aromatic rings. The van der Waals surface area contributed by atoms with Crippen molar-refractivity contribution in [3.05, 3.63) is 51.2 Å². The van der Waals surface area contributed by atoms with E-state index < -0.39 is 17.6 Å². The number of benzene rings is 1. The molecule has 0 fully saturated rings. The lowest BCUT2D eigenvalue weighted by atomic mass is 10.1. The van der Waals surface area contributed by atoms with Gasteiger partial charge in [-0.1, -0.05) is 6.07 Å². The van der Waals surface area contributed by atoms with Gasteiger partial charge in [-0.3, -0.25) is 0 Å². The van der Waals surface area contributed by atoms with E-state index in [2.05, 4.69) is 20.6 Å². The van der Waals surface area contributed by atoms with Crippen LogP contribution in [-0.4, -0.2) is 24.0 Å². The summed E-state index contributed by atoms with van der Waals surface area (Å²) in [5.74, 6) is -0.523. The van der Waals surface area contributed by atoms with Gasteiger partial charge < -0.3 is 10.6 Å². The van der Waals surface area contributed by atoms with Crippen LogP contribution in [0.25, 0.3) is 0 Å². The van der Waals surface area contributed by atoms with Crippen LogP contribution in [0.5, 0.6) is 0 Å². The number of hydrogen-bond donors (Lipinski definition) is 2. The number of alkyl halides is 3. The van der Waals surface area contributed by atoms with Gasteiger partial charge in [0.25, 0.3) is 0 Å². The van der Waals surface area contributed by atoms with Crippen molar-refractivity contribution < 1.29 is 17.6 Å². The van der Waals surface area contributed by atoms with E-state index in [1.165, 1.54) is 0 Å². The third kappa shape index (κ3) is 5.98. The predicted molar refractivity (Wildman–Crippen MR) is 94.8 cm³/mol. The Morgan fingerprint density at radius 1 is 1.27 bits per heavy atom. The minimum absolute atomic E-state index is 0.0776. The maximum absolute atomic E-state index is 13.2. The number of nitrogens with one attached hydrogen (secondary N) is 2. The summed E-state index contributed by atoms with van der Waals surface area (Å²) < 4.78 is 52.3. The van der Waals surface area contributed by atoms with Crippen LogP contribution in [0.4, 0.5) is 17.6 Å². The second kappa shape index (κ2) is 8.98. The quantitative estimate of drug-likeness (QED) is 0.448. The Morgan fingerprint density at radius 2 is 2.04 bits per heavy atom. The van der Waals surface area contributed by atoms with Crippen molar-refractivity contribution in [3.8, 4) is 0 Å². The number of guanidine groups is 1. The van der Waals surface area contributed by atoms with Crippen molar-refractivity contribution in [2.75, 3.05) is 13.1 Å². The second-order valence-corrected chi connectivity index (χ2v) is 6.59. The first-order chi connectivity index (χ1) is 12.3. The molecule has 0 radical (unpaired) electrons. The molecule has 0 saturated heterocycles. The summed E-state index contributed by atoms with van der Waals surface area (Å²) in [7, 11) is 0. The molecular weight excluding hydrogens is 368 g/mol. The maximum atomic E-state index is 13.2. The molecule has 9 heteroatoms. The van der Waals surface area contributed by atoms with Crippen LogP contribution in [-0.2, 0) is 19.1 Å². The summed E-state index contributed by atoms with van der Waals surface area (Å²) in [6.07, 6.45) is -3.94. The van der Waals surface area contributed by atoms with Gasteiger partial charge in [-0.05, 0) is 31.5 Å². The first-order valence-corrected chi connectivity index (χ1v) is 8.96. The first-order valence-electron chi connectivity index (χ1n) is 8.08. The standard InChI is InChI=1S/C17H20F4N4S/c1-3-22-16(23-7-6-14-10-26-11(2)25-14)24-9-12-4-5-13(18)8-15(12)17(19,20)21/h4-5,8,10H,3,6-7,9H2,1-2H3,(H2,22,23,24). The minimum atomic E-state index is -4.62. The number of thiazole rings is 1. The van der Waals surface area contributed by atoms with Gasteiger partial charge >= 0.3 is 6.18 Å². The molecule has 1 heterocycles. The Bertz CT molecular complexity index is 755. The number of halogens is 4. The summed E-state index contributed by atoms with van der Waals surface area (Å²) >= 11 is 1.56. The largest absolute Gasteiger partial charge is 0.416 e. The van der Waals surface area contributed by atoms with E-state index in [-0.39, 0.29) is 12.1 Å². The fourth-order valence-electron chi connectivity index (χ4n) is 2.29. The van der Waals surface area contributed by atoms with Crippen molar-refractivity contribution in [3.63, 3.8) is 0 Å². The molecule has 0 saturated carbocycles. The number of hydrogen-bond acceptors (Lipinski definition) is 3. The number of rotatable bonds is 6. The summed E-state index contributed by atoms with van der Waals surface area (Å²) in [6.45, 7) is 4.69. The zero-order valence-corrected chi connectivity index (χ0v) is 15.3. The van der Waals surface area contributed by atoms with Crippen molar-refractivity contribution in [1.82, 2.24) is 15.6 Å². The van der Waals surface area contributed by atoms with E-state index in [0.717, 1.165) is 22.8 Å². The van der Waals surface area contributed by atoms with E-state index in [4.69, 9.17) is 0 Å². The zero-order chi connectivity index (χ0) is 19.2. The average molecular weight is 388 g/mol. The zero-order valence-electron chi connectivity index (χ0n) is 14.5. The molecule has 2 N–H and O–H groups in total. The third-order valence-electron chi connectivity index (χ3n) is 3.47. The van der Waals surface area contributed by atoms with Crippen LogP contribution < -0.4 is 10.6 Å². The Hall–Kier alpha value is -2.16. The Balaban J connectivity index is 2.04. The SMILES string of the molecule is CCNC(=NCc1ccc(F)cc1C(F)(F)F)NCCc1csc(C)n1. The van der Waals surface area contributed by atoms with Gasteiger partial charge in [0.1, 0.15) is 5.82 Å². The van der Waals surface area contributed by atoms with Gasteiger partial charge in [0.05, 0.1) is 22.8 Å².